The second kappa shape index (κ2) is 7.47. The maximum absolute atomic E-state index is 12.5. The maximum Gasteiger partial charge on any atom is 0.255 e. The fourth-order valence-electron chi connectivity index (χ4n) is 2.37. The number of rotatable bonds is 5. The van der Waals surface area contributed by atoms with Gasteiger partial charge in [0.1, 0.15) is 5.75 Å². The first-order valence-corrected chi connectivity index (χ1v) is 9.60. The topological polar surface area (TPSA) is 84.5 Å². The minimum absolute atomic E-state index is 0.0895. The van der Waals surface area contributed by atoms with Gasteiger partial charge in [-0.15, -0.1) is 0 Å². The first-order valence-electron chi connectivity index (χ1n) is 8.12. The van der Waals surface area contributed by atoms with Crippen LogP contribution in [0.4, 0.5) is 5.69 Å². The molecule has 2 rings (SSSR count). The van der Waals surface area contributed by atoms with Gasteiger partial charge >= 0.3 is 0 Å². The van der Waals surface area contributed by atoms with E-state index in [0.717, 1.165) is 5.56 Å². The SMILES string of the molecule is COc1cc(C(=O)Nc2cccc(S(=O)(=O)NC(C)(C)C)c2)ccc1C. The number of benzene rings is 2. The van der Waals surface area contributed by atoms with Gasteiger partial charge in [-0.25, -0.2) is 13.1 Å². The summed E-state index contributed by atoms with van der Waals surface area (Å²) in [4.78, 5) is 12.5. The van der Waals surface area contributed by atoms with Gasteiger partial charge in [-0.1, -0.05) is 12.1 Å². The number of aryl methyl sites for hydroxylation is 1. The van der Waals surface area contributed by atoms with Crippen molar-refractivity contribution in [3.05, 3.63) is 53.6 Å². The Morgan fingerprint density at radius 3 is 2.38 bits per heavy atom. The molecule has 0 atom stereocenters. The second-order valence-electron chi connectivity index (χ2n) is 7.02. The number of hydrogen-bond acceptors (Lipinski definition) is 4. The van der Waals surface area contributed by atoms with Crippen LogP contribution in [-0.4, -0.2) is 27.0 Å². The van der Waals surface area contributed by atoms with Gasteiger partial charge in [0.2, 0.25) is 10.0 Å². The number of carbonyl (C=O) groups excluding carboxylic acids is 1. The van der Waals surface area contributed by atoms with Crippen LogP contribution in [0.15, 0.2) is 47.4 Å². The van der Waals surface area contributed by atoms with Crippen molar-refractivity contribution in [2.45, 2.75) is 38.1 Å². The van der Waals surface area contributed by atoms with Crippen molar-refractivity contribution in [2.75, 3.05) is 12.4 Å². The summed E-state index contributed by atoms with van der Waals surface area (Å²) in [5, 5.41) is 2.72. The maximum atomic E-state index is 12.5. The third-order valence-corrected chi connectivity index (χ3v) is 5.27. The van der Waals surface area contributed by atoms with Crippen molar-refractivity contribution in [2.24, 2.45) is 0 Å². The molecule has 0 aliphatic rings. The highest BCUT2D eigenvalue weighted by Crippen LogP contribution is 2.21. The molecule has 6 nitrogen and oxygen atoms in total. The Morgan fingerprint density at radius 2 is 1.77 bits per heavy atom. The number of ether oxygens (including phenoxy) is 1. The van der Waals surface area contributed by atoms with Crippen LogP contribution in [0.5, 0.6) is 5.75 Å². The van der Waals surface area contributed by atoms with E-state index in [4.69, 9.17) is 4.74 Å². The molecule has 0 aromatic heterocycles. The molecule has 0 aliphatic carbocycles. The Kier molecular flexibility index (Phi) is 5.73. The van der Waals surface area contributed by atoms with E-state index in [2.05, 4.69) is 10.0 Å². The van der Waals surface area contributed by atoms with Gasteiger partial charge < -0.3 is 10.1 Å². The lowest BCUT2D eigenvalue weighted by molar-refractivity contribution is 0.102. The number of anilines is 1. The lowest BCUT2D eigenvalue weighted by atomic mass is 10.1. The molecule has 26 heavy (non-hydrogen) atoms. The minimum Gasteiger partial charge on any atom is -0.496 e. The summed E-state index contributed by atoms with van der Waals surface area (Å²) in [5.74, 6) is 0.269. The molecule has 2 aromatic carbocycles. The Morgan fingerprint density at radius 1 is 1.08 bits per heavy atom. The first-order chi connectivity index (χ1) is 12.0. The molecule has 0 saturated carbocycles. The van der Waals surface area contributed by atoms with Crippen LogP contribution < -0.4 is 14.8 Å². The number of carbonyl (C=O) groups is 1. The molecule has 7 heteroatoms. The van der Waals surface area contributed by atoms with Crippen molar-refractivity contribution in [3.63, 3.8) is 0 Å². The molecule has 0 bridgehead atoms. The fourth-order valence-corrected chi connectivity index (χ4v) is 3.83. The summed E-state index contributed by atoms with van der Waals surface area (Å²) in [6.45, 7) is 7.18. The van der Waals surface area contributed by atoms with E-state index in [-0.39, 0.29) is 10.8 Å². The van der Waals surface area contributed by atoms with Gasteiger partial charge in [0.25, 0.3) is 5.91 Å². The number of methoxy groups -OCH3 is 1. The van der Waals surface area contributed by atoms with Crippen LogP contribution in [0.25, 0.3) is 0 Å². The third kappa shape index (κ3) is 5.06. The van der Waals surface area contributed by atoms with Crippen LogP contribution in [0.2, 0.25) is 0 Å². The van der Waals surface area contributed by atoms with E-state index < -0.39 is 15.6 Å². The fraction of sp³-hybridized carbons (Fsp3) is 0.316. The Bertz CT molecular complexity index is 915. The molecule has 0 spiro atoms. The highest BCUT2D eigenvalue weighted by atomic mass is 32.2. The molecule has 2 aromatic rings. The number of sulfonamides is 1. The van der Waals surface area contributed by atoms with Crippen LogP contribution in [0.1, 0.15) is 36.7 Å². The van der Waals surface area contributed by atoms with Crippen molar-refractivity contribution in [1.29, 1.82) is 0 Å². The summed E-state index contributed by atoms with van der Waals surface area (Å²) < 4.78 is 32.7. The summed E-state index contributed by atoms with van der Waals surface area (Å²) in [7, 11) is -2.14. The Hall–Kier alpha value is -2.38. The van der Waals surface area contributed by atoms with E-state index in [1.807, 2.05) is 6.92 Å². The number of amides is 1. The van der Waals surface area contributed by atoms with Gasteiger partial charge in [0.05, 0.1) is 12.0 Å². The molecule has 0 radical (unpaired) electrons. The summed E-state index contributed by atoms with van der Waals surface area (Å²) in [6, 6.07) is 11.3. The molecule has 0 aliphatic heterocycles. The predicted octanol–water partition coefficient (Wildman–Crippen LogP) is 3.33. The summed E-state index contributed by atoms with van der Waals surface area (Å²) in [6.07, 6.45) is 0. The second-order valence-corrected chi connectivity index (χ2v) is 8.70. The quantitative estimate of drug-likeness (QED) is 0.838. The van der Waals surface area contributed by atoms with Gasteiger partial charge in [-0.2, -0.15) is 0 Å². The first kappa shape index (κ1) is 19.9. The molecule has 0 saturated heterocycles. The number of nitrogens with one attached hydrogen (secondary N) is 2. The van der Waals surface area contributed by atoms with E-state index in [1.165, 1.54) is 12.1 Å². The summed E-state index contributed by atoms with van der Waals surface area (Å²) >= 11 is 0. The zero-order valence-electron chi connectivity index (χ0n) is 15.6. The standard InChI is InChI=1S/C19H24N2O4S/c1-13-9-10-14(11-17(13)25-5)18(22)20-15-7-6-8-16(12-15)26(23,24)21-19(2,3)4/h6-12,21H,1-5H3,(H,20,22). The van der Waals surface area contributed by atoms with Crippen LogP contribution in [0, 0.1) is 6.92 Å². The lowest BCUT2D eigenvalue weighted by Gasteiger charge is -2.20. The normalized spacial score (nSPS) is 11.9. The number of hydrogen-bond donors (Lipinski definition) is 2. The molecule has 0 fully saturated rings. The zero-order valence-corrected chi connectivity index (χ0v) is 16.4. The smallest absolute Gasteiger partial charge is 0.255 e. The average Bonchev–Trinajstić information content (AvgIpc) is 2.53. The van der Waals surface area contributed by atoms with E-state index in [1.54, 1.807) is 58.2 Å². The molecule has 0 heterocycles. The highest BCUT2D eigenvalue weighted by Gasteiger charge is 2.22. The highest BCUT2D eigenvalue weighted by molar-refractivity contribution is 7.89. The largest absolute Gasteiger partial charge is 0.496 e. The van der Waals surface area contributed by atoms with E-state index >= 15 is 0 Å². The zero-order chi connectivity index (χ0) is 19.5. The van der Waals surface area contributed by atoms with Crippen molar-refractivity contribution < 1.29 is 17.9 Å². The molecule has 1 amide bonds. The molecular formula is C19H24N2O4S. The third-order valence-electron chi connectivity index (χ3n) is 3.51. The lowest BCUT2D eigenvalue weighted by Crippen LogP contribution is -2.40. The Labute approximate surface area is 154 Å². The van der Waals surface area contributed by atoms with Gasteiger partial charge in [0, 0.05) is 16.8 Å². The van der Waals surface area contributed by atoms with Gasteiger partial charge in [-0.3, -0.25) is 4.79 Å². The summed E-state index contributed by atoms with van der Waals surface area (Å²) in [5.41, 5.74) is 1.14. The molecule has 140 valence electrons. The molecular weight excluding hydrogens is 352 g/mol. The molecule has 2 N–H and O–H groups in total. The van der Waals surface area contributed by atoms with Crippen molar-refractivity contribution in [1.82, 2.24) is 4.72 Å². The van der Waals surface area contributed by atoms with E-state index in [9.17, 15) is 13.2 Å². The van der Waals surface area contributed by atoms with Crippen LogP contribution in [0.3, 0.4) is 0 Å². The average molecular weight is 376 g/mol. The van der Waals surface area contributed by atoms with Crippen LogP contribution >= 0.6 is 0 Å². The monoisotopic (exact) mass is 376 g/mol. The van der Waals surface area contributed by atoms with Gasteiger partial charge in [0.15, 0.2) is 0 Å². The Balaban J connectivity index is 2.25. The van der Waals surface area contributed by atoms with Crippen molar-refractivity contribution >= 4 is 21.6 Å². The van der Waals surface area contributed by atoms with Crippen molar-refractivity contribution in [3.8, 4) is 5.75 Å². The van der Waals surface area contributed by atoms with E-state index in [0.29, 0.717) is 17.0 Å². The van der Waals surface area contributed by atoms with Gasteiger partial charge in [-0.05, 0) is 63.6 Å². The van der Waals surface area contributed by atoms with Crippen LogP contribution in [-0.2, 0) is 10.0 Å². The minimum atomic E-state index is -3.68. The predicted molar refractivity (Wildman–Crippen MR) is 102 cm³/mol. The molecule has 0 unspecified atom stereocenters.